The maximum absolute atomic E-state index is 13.0. The van der Waals surface area contributed by atoms with Gasteiger partial charge >= 0.3 is 0 Å². The molecule has 6 heteroatoms. The summed E-state index contributed by atoms with van der Waals surface area (Å²) in [6, 6.07) is 15.5. The molecule has 0 spiro atoms. The largest absolute Gasteiger partial charge is 0.507 e. The summed E-state index contributed by atoms with van der Waals surface area (Å²) in [7, 11) is 4.09. The van der Waals surface area contributed by atoms with Crippen LogP contribution in [0.15, 0.2) is 72.8 Å². The van der Waals surface area contributed by atoms with Crippen LogP contribution in [0.25, 0.3) is 5.76 Å². The highest BCUT2D eigenvalue weighted by atomic mass is 16.5. The van der Waals surface area contributed by atoms with Gasteiger partial charge in [0.05, 0.1) is 32.3 Å². The molecule has 1 atom stereocenters. The number of aliphatic hydroxyl groups excluding tert-OH is 1. The molecule has 1 aliphatic rings. The van der Waals surface area contributed by atoms with E-state index in [4.69, 9.17) is 4.74 Å². The van der Waals surface area contributed by atoms with E-state index in [0.717, 1.165) is 18.5 Å². The highest BCUT2D eigenvalue weighted by molar-refractivity contribution is 6.46. The molecule has 1 saturated heterocycles. The molecule has 0 unspecified atom stereocenters. The number of ketones is 1. The predicted octanol–water partition coefficient (Wildman–Crippen LogP) is 2.21. The molecule has 2 aromatic rings. The van der Waals surface area contributed by atoms with Gasteiger partial charge in [0.1, 0.15) is 18.1 Å². The lowest BCUT2D eigenvalue weighted by Gasteiger charge is -2.25. The van der Waals surface area contributed by atoms with Crippen molar-refractivity contribution in [2.24, 2.45) is 0 Å². The molecule has 0 bridgehead atoms. The minimum absolute atomic E-state index is 0.119. The third-order valence-corrected chi connectivity index (χ3v) is 5.23. The van der Waals surface area contributed by atoms with Crippen molar-refractivity contribution in [3.63, 3.8) is 0 Å². The minimum atomic E-state index is -0.657. The smallest absolute Gasteiger partial charge is 0.295 e. The first-order chi connectivity index (χ1) is 14.9. The summed E-state index contributed by atoms with van der Waals surface area (Å²) in [5, 5.41) is 11.1. The lowest BCUT2D eigenvalue weighted by atomic mass is 9.95. The standard InChI is InChI=1S/C25H28N2O4/c1-4-17-31-20-13-11-19(12-14-20)23(28)21-22(18-9-6-5-7-10-18)27(25(30)24(21)29)16-8-15-26(2)3/h4-7,9-14,22,28H,1,8,15-17H2,2-3H3/p+1/t22-/m1/s1. The average molecular weight is 422 g/mol. The molecule has 2 aromatic carbocycles. The summed E-state index contributed by atoms with van der Waals surface area (Å²) in [6.07, 6.45) is 2.40. The minimum Gasteiger partial charge on any atom is -0.507 e. The van der Waals surface area contributed by atoms with E-state index in [2.05, 4.69) is 6.58 Å². The molecule has 2 N–H and O–H groups in total. The van der Waals surface area contributed by atoms with Gasteiger partial charge in [-0.3, -0.25) is 9.59 Å². The Morgan fingerprint density at radius 2 is 1.81 bits per heavy atom. The number of aliphatic hydroxyl groups is 1. The quantitative estimate of drug-likeness (QED) is 0.282. The number of carbonyl (C=O) groups is 2. The van der Waals surface area contributed by atoms with Gasteiger partial charge in [0.25, 0.3) is 11.7 Å². The van der Waals surface area contributed by atoms with Gasteiger partial charge < -0.3 is 19.6 Å². The van der Waals surface area contributed by atoms with Crippen molar-refractivity contribution in [3.05, 3.63) is 84.0 Å². The van der Waals surface area contributed by atoms with E-state index in [1.54, 1.807) is 35.2 Å². The number of rotatable bonds is 9. The molecule has 0 radical (unpaired) electrons. The first kappa shape index (κ1) is 22.3. The molecular formula is C25H29N2O4+. The summed E-state index contributed by atoms with van der Waals surface area (Å²) in [5.74, 6) is -0.781. The second kappa shape index (κ2) is 10.1. The van der Waals surface area contributed by atoms with Crippen molar-refractivity contribution in [3.8, 4) is 5.75 Å². The number of ether oxygens (including phenoxy) is 1. The van der Waals surface area contributed by atoms with E-state index >= 15 is 0 Å². The van der Waals surface area contributed by atoms with Crippen molar-refractivity contribution in [1.82, 2.24) is 4.90 Å². The van der Waals surface area contributed by atoms with Crippen molar-refractivity contribution in [2.75, 3.05) is 33.8 Å². The molecule has 1 fully saturated rings. The van der Waals surface area contributed by atoms with Gasteiger partial charge in [-0.05, 0) is 29.8 Å². The lowest BCUT2D eigenvalue weighted by Crippen LogP contribution is -3.05. The third-order valence-electron chi connectivity index (χ3n) is 5.23. The SMILES string of the molecule is C=CCOc1ccc(C(O)=C2C(=O)C(=O)N(CCC[NH+](C)C)[C@@H]2c2ccccc2)cc1. The van der Waals surface area contributed by atoms with Gasteiger partial charge in [0.15, 0.2) is 0 Å². The Kier molecular flexibility index (Phi) is 7.26. The number of carbonyl (C=O) groups excluding carboxylic acids is 2. The van der Waals surface area contributed by atoms with Gasteiger partial charge in [-0.2, -0.15) is 0 Å². The molecule has 162 valence electrons. The fourth-order valence-corrected chi connectivity index (χ4v) is 3.72. The highest BCUT2D eigenvalue weighted by Crippen LogP contribution is 2.39. The number of amides is 1. The van der Waals surface area contributed by atoms with Gasteiger partial charge in [-0.15, -0.1) is 0 Å². The van der Waals surface area contributed by atoms with Crippen LogP contribution >= 0.6 is 0 Å². The number of hydrogen-bond acceptors (Lipinski definition) is 4. The molecule has 1 heterocycles. The molecule has 0 aliphatic carbocycles. The topological polar surface area (TPSA) is 71.3 Å². The number of quaternary nitrogens is 1. The molecule has 1 aliphatic heterocycles. The van der Waals surface area contributed by atoms with Crippen LogP contribution in [0.2, 0.25) is 0 Å². The summed E-state index contributed by atoms with van der Waals surface area (Å²) in [6.45, 7) is 5.31. The van der Waals surface area contributed by atoms with Crippen molar-refractivity contribution in [1.29, 1.82) is 0 Å². The van der Waals surface area contributed by atoms with Crippen LogP contribution in [0.1, 0.15) is 23.6 Å². The maximum Gasteiger partial charge on any atom is 0.295 e. The van der Waals surface area contributed by atoms with Gasteiger partial charge in [-0.1, -0.05) is 43.0 Å². The number of nitrogens with zero attached hydrogens (tertiary/aromatic N) is 1. The first-order valence-corrected chi connectivity index (χ1v) is 10.4. The Bertz CT molecular complexity index is 965. The summed E-state index contributed by atoms with van der Waals surface area (Å²) < 4.78 is 5.48. The predicted molar refractivity (Wildman–Crippen MR) is 120 cm³/mol. The first-order valence-electron chi connectivity index (χ1n) is 10.4. The Balaban J connectivity index is 2.00. The molecular weight excluding hydrogens is 392 g/mol. The zero-order valence-corrected chi connectivity index (χ0v) is 18.0. The van der Waals surface area contributed by atoms with E-state index in [0.29, 0.717) is 24.5 Å². The number of Topliss-reactive ketones (excluding diaryl/α,β-unsaturated/α-hetero) is 1. The normalized spacial score (nSPS) is 17.9. The maximum atomic E-state index is 13.0. The Morgan fingerprint density at radius 3 is 2.42 bits per heavy atom. The van der Waals surface area contributed by atoms with E-state index in [9.17, 15) is 14.7 Å². The van der Waals surface area contributed by atoms with Crippen LogP contribution in [0.5, 0.6) is 5.75 Å². The Morgan fingerprint density at radius 1 is 1.13 bits per heavy atom. The molecule has 6 nitrogen and oxygen atoms in total. The lowest BCUT2D eigenvalue weighted by molar-refractivity contribution is -0.858. The second-order valence-corrected chi connectivity index (χ2v) is 7.84. The Labute approximate surface area is 183 Å². The molecule has 3 rings (SSSR count). The fourth-order valence-electron chi connectivity index (χ4n) is 3.72. The molecule has 0 saturated carbocycles. The van der Waals surface area contributed by atoms with Crippen molar-refractivity contribution in [2.45, 2.75) is 12.5 Å². The molecule has 1 amide bonds. The fraction of sp³-hybridized carbons (Fsp3) is 0.280. The van der Waals surface area contributed by atoms with Crippen LogP contribution in [-0.4, -0.2) is 55.5 Å². The van der Waals surface area contributed by atoms with Crippen LogP contribution in [0, 0.1) is 0 Å². The zero-order chi connectivity index (χ0) is 22.4. The van der Waals surface area contributed by atoms with Gasteiger partial charge in [0.2, 0.25) is 0 Å². The Hall–Kier alpha value is -3.38. The van der Waals surface area contributed by atoms with E-state index in [1.165, 1.54) is 4.90 Å². The van der Waals surface area contributed by atoms with Crippen LogP contribution in [0.4, 0.5) is 0 Å². The molecule has 0 aromatic heterocycles. The van der Waals surface area contributed by atoms with Crippen molar-refractivity contribution < 1.29 is 24.3 Å². The summed E-state index contributed by atoms with van der Waals surface area (Å²) in [4.78, 5) is 28.7. The second-order valence-electron chi connectivity index (χ2n) is 7.84. The number of benzene rings is 2. The summed E-state index contributed by atoms with van der Waals surface area (Å²) >= 11 is 0. The number of hydrogen-bond donors (Lipinski definition) is 2. The van der Waals surface area contributed by atoms with E-state index < -0.39 is 17.7 Å². The van der Waals surface area contributed by atoms with Crippen LogP contribution in [-0.2, 0) is 9.59 Å². The number of likely N-dealkylation sites (tertiary alicyclic amines) is 1. The van der Waals surface area contributed by atoms with Crippen molar-refractivity contribution >= 4 is 17.4 Å². The van der Waals surface area contributed by atoms with Crippen LogP contribution in [0.3, 0.4) is 0 Å². The van der Waals surface area contributed by atoms with Gasteiger partial charge in [0, 0.05) is 18.5 Å². The third kappa shape index (κ3) is 5.03. The van der Waals surface area contributed by atoms with Gasteiger partial charge in [-0.25, -0.2) is 0 Å². The van der Waals surface area contributed by atoms with E-state index in [-0.39, 0.29) is 11.3 Å². The average Bonchev–Trinajstić information content (AvgIpc) is 3.03. The molecule has 31 heavy (non-hydrogen) atoms. The summed E-state index contributed by atoms with van der Waals surface area (Å²) in [5.41, 5.74) is 1.38. The monoisotopic (exact) mass is 421 g/mol. The number of nitrogens with one attached hydrogen (secondary N) is 1. The van der Waals surface area contributed by atoms with Crippen LogP contribution < -0.4 is 9.64 Å². The zero-order valence-electron chi connectivity index (χ0n) is 18.0. The van der Waals surface area contributed by atoms with E-state index in [1.807, 2.05) is 44.4 Å². The highest BCUT2D eigenvalue weighted by Gasteiger charge is 2.45.